The lowest BCUT2D eigenvalue weighted by Gasteiger charge is -2.24. The van der Waals surface area contributed by atoms with E-state index in [1.807, 2.05) is 24.3 Å². The summed E-state index contributed by atoms with van der Waals surface area (Å²) in [6.07, 6.45) is -0.0900. The minimum atomic E-state index is -1.12. The molecule has 0 aromatic heterocycles. The number of rotatable bonds is 17. The third-order valence-corrected chi connectivity index (χ3v) is 6.68. The van der Waals surface area contributed by atoms with Crippen molar-refractivity contribution in [2.75, 3.05) is 39.4 Å². The maximum atomic E-state index is 9.89. The van der Waals surface area contributed by atoms with E-state index in [4.69, 9.17) is 9.47 Å². The lowest BCUT2D eigenvalue weighted by atomic mass is 9.95. The normalized spacial score (nSPS) is 13.8. The number of nitrogens with one attached hydrogen (secondary N) is 2. The van der Waals surface area contributed by atoms with Crippen molar-refractivity contribution in [3.05, 3.63) is 47.5 Å². The first-order valence-electron chi connectivity index (χ1n) is 13.5. The molecule has 0 fully saturated rings. The van der Waals surface area contributed by atoms with Gasteiger partial charge < -0.3 is 40.5 Å². The number of aliphatic hydroxyl groups excluding tert-OH is 2. The van der Waals surface area contributed by atoms with E-state index in [1.165, 1.54) is 0 Å². The van der Waals surface area contributed by atoms with E-state index in [1.54, 1.807) is 27.7 Å². The summed E-state index contributed by atoms with van der Waals surface area (Å²) in [5.41, 5.74) is 2.07. The van der Waals surface area contributed by atoms with Crippen LogP contribution in [-0.4, -0.2) is 83.2 Å². The third kappa shape index (κ3) is 10.2. The standard InChI is InChI=1S/C30H48N2O6/c1-21-23(11-7-13-25(21)37-17-9-15-31-19-27(33)29(3,4)35)24-12-8-14-26(22(24)2)38-18-10-16-32-20-28(34)30(5,6)36/h7-8,11-14,27-28,31-36H,9-10,15-20H2,1-6H3. The van der Waals surface area contributed by atoms with Crippen molar-refractivity contribution < 1.29 is 29.9 Å². The Morgan fingerprint density at radius 1 is 0.684 bits per heavy atom. The molecular weight excluding hydrogens is 484 g/mol. The Labute approximate surface area is 228 Å². The van der Waals surface area contributed by atoms with E-state index in [0.29, 0.717) is 39.4 Å². The van der Waals surface area contributed by atoms with Gasteiger partial charge in [-0.1, -0.05) is 24.3 Å². The first-order chi connectivity index (χ1) is 17.8. The molecule has 6 N–H and O–H groups in total. The van der Waals surface area contributed by atoms with Crippen molar-refractivity contribution >= 4 is 0 Å². The van der Waals surface area contributed by atoms with Crippen LogP contribution in [0.2, 0.25) is 0 Å². The summed E-state index contributed by atoms with van der Waals surface area (Å²) in [5, 5.41) is 45.7. The van der Waals surface area contributed by atoms with E-state index in [0.717, 1.165) is 46.6 Å². The predicted molar refractivity (Wildman–Crippen MR) is 152 cm³/mol. The van der Waals surface area contributed by atoms with Gasteiger partial charge in [0.2, 0.25) is 0 Å². The molecule has 0 spiro atoms. The Balaban J connectivity index is 1.87. The van der Waals surface area contributed by atoms with Crippen LogP contribution in [0.5, 0.6) is 11.5 Å². The highest BCUT2D eigenvalue weighted by molar-refractivity contribution is 5.74. The molecule has 0 aliphatic carbocycles. The van der Waals surface area contributed by atoms with Crippen molar-refractivity contribution in [2.24, 2.45) is 0 Å². The molecule has 0 saturated carbocycles. The molecule has 2 atom stereocenters. The molecule has 0 heterocycles. The smallest absolute Gasteiger partial charge is 0.122 e. The van der Waals surface area contributed by atoms with Gasteiger partial charge in [0.05, 0.1) is 36.6 Å². The number of aliphatic hydroxyl groups is 4. The molecule has 0 aliphatic heterocycles. The molecule has 2 aromatic rings. The minimum Gasteiger partial charge on any atom is -0.493 e. The maximum absolute atomic E-state index is 9.89. The first kappa shape index (κ1) is 32.0. The van der Waals surface area contributed by atoms with Crippen LogP contribution in [0.25, 0.3) is 11.1 Å². The van der Waals surface area contributed by atoms with Crippen molar-refractivity contribution in [3.63, 3.8) is 0 Å². The van der Waals surface area contributed by atoms with Crippen molar-refractivity contribution in [1.29, 1.82) is 0 Å². The van der Waals surface area contributed by atoms with Gasteiger partial charge in [0.15, 0.2) is 0 Å². The van der Waals surface area contributed by atoms with Gasteiger partial charge in [-0.05, 0) is 102 Å². The van der Waals surface area contributed by atoms with Gasteiger partial charge in [-0.3, -0.25) is 0 Å². The average molecular weight is 533 g/mol. The molecule has 214 valence electrons. The van der Waals surface area contributed by atoms with Gasteiger partial charge in [0.25, 0.3) is 0 Å². The Hall–Kier alpha value is -2.20. The average Bonchev–Trinajstić information content (AvgIpc) is 2.84. The first-order valence-corrected chi connectivity index (χ1v) is 13.5. The zero-order chi connectivity index (χ0) is 28.3. The van der Waals surface area contributed by atoms with Crippen molar-refractivity contribution in [1.82, 2.24) is 10.6 Å². The second-order valence-corrected chi connectivity index (χ2v) is 11.0. The quantitative estimate of drug-likeness (QED) is 0.172. The molecule has 0 aliphatic rings. The predicted octanol–water partition coefficient (Wildman–Crippen LogP) is 2.95. The van der Waals surface area contributed by atoms with Gasteiger partial charge in [-0.2, -0.15) is 0 Å². The van der Waals surface area contributed by atoms with Crippen LogP contribution in [0.3, 0.4) is 0 Å². The van der Waals surface area contributed by atoms with E-state index >= 15 is 0 Å². The minimum absolute atomic E-state index is 0.331. The largest absolute Gasteiger partial charge is 0.493 e. The van der Waals surface area contributed by atoms with Gasteiger partial charge in [0, 0.05) is 13.1 Å². The topological polar surface area (TPSA) is 123 Å². The zero-order valence-electron chi connectivity index (χ0n) is 23.9. The molecule has 2 rings (SSSR count). The SMILES string of the molecule is Cc1c(OCCCNCC(O)C(C)(C)O)cccc1-c1cccc(OCCCNCC(O)C(C)(C)O)c1C. The van der Waals surface area contributed by atoms with Crippen LogP contribution in [0.15, 0.2) is 36.4 Å². The van der Waals surface area contributed by atoms with Gasteiger partial charge >= 0.3 is 0 Å². The van der Waals surface area contributed by atoms with Crippen molar-refractivity contribution in [2.45, 2.75) is 77.8 Å². The molecule has 2 unspecified atom stereocenters. The van der Waals surface area contributed by atoms with Crippen LogP contribution in [0, 0.1) is 13.8 Å². The van der Waals surface area contributed by atoms with E-state index in [2.05, 4.69) is 36.6 Å². The highest BCUT2D eigenvalue weighted by Gasteiger charge is 2.24. The Morgan fingerprint density at radius 2 is 1.05 bits per heavy atom. The lowest BCUT2D eigenvalue weighted by molar-refractivity contribution is -0.0462. The number of benzene rings is 2. The third-order valence-electron chi connectivity index (χ3n) is 6.68. The number of ether oxygens (including phenoxy) is 2. The fourth-order valence-corrected chi connectivity index (χ4v) is 3.86. The van der Waals surface area contributed by atoms with E-state index < -0.39 is 23.4 Å². The van der Waals surface area contributed by atoms with Crippen LogP contribution < -0.4 is 20.1 Å². The summed E-state index contributed by atoms with van der Waals surface area (Å²) in [5.74, 6) is 1.67. The summed E-state index contributed by atoms with van der Waals surface area (Å²) in [7, 11) is 0. The van der Waals surface area contributed by atoms with E-state index in [-0.39, 0.29) is 0 Å². The molecule has 8 nitrogen and oxygen atoms in total. The lowest BCUT2D eigenvalue weighted by Crippen LogP contribution is -2.43. The second-order valence-electron chi connectivity index (χ2n) is 11.0. The van der Waals surface area contributed by atoms with Gasteiger partial charge in [-0.25, -0.2) is 0 Å². The number of hydrogen-bond acceptors (Lipinski definition) is 8. The maximum Gasteiger partial charge on any atom is 0.122 e. The fraction of sp³-hybridized carbons (Fsp3) is 0.600. The Morgan fingerprint density at radius 3 is 1.39 bits per heavy atom. The van der Waals surface area contributed by atoms with Gasteiger partial charge in [-0.15, -0.1) is 0 Å². The second kappa shape index (κ2) is 14.8. The highest BCUT2D eigenvalue weighted by atomic mass is 16.5. The molecule has 0 bridgehead atoms. The molecule has 0 amide bonds. The van der Waals surface area contributed by atoms with Gasteiger partial charge in [0.1, 0.15) is 11.5 Å². The van der Waals surface area contributed by atoms with Crippen LogP contribution in [0.4, 0.5) is 0 Å². The summed E-state index contributed by atoms with van der Waals surface area (Å²) in [6, 6.07) is 12.1. The summed E-state index contributed by atoms with van der Waals surface area (Å²) < 4.78 is 12.1. The monoisotopic (exact) mass is 532 g/mol. The molecule has 38 heavy (non-hydrogen) atoms. The Kier molecular flexibility index (Phi) is 12.5. The molecule has 2 aromatic carbocycles. The summed E-state index contributed by atoms with van der Waals surface area (Å²) in [6.45, 7) is 13.6. The van der Waals surface area contributed by atoms with Crippen LogP contribution >= 0.6 is 0 Å². The zero-order valence-corrected chi connectivity index (χ0v) is 23.9. The molecule has 8 heteroatoms. The highest BCUT2D eigenvalue weighted by Crippen LogP contribution is 2.35. The Bertz CT molecular complexity index is 904. The number of hydrogen-bond donors (Lipinski definition) is 6. The van der Waals surface area contributed by atoms with Crippen molar-refractivity contribution in [3.8, 4) is 22.6 Å². The molecule has 0 saturated heterocycles. The molecular formula is C30H48N2O6. The van der Waals surface area contributed by atoms with Crippen LogP contribution in [-0.2, 0) is 0 Å². The molecule has 0 radical (unpaired) electrons. The summed E-state index contributed by atoms with van der Waals surface area (Å²) >= 11 is 0. The van der Waals surface area contributed by atoms with Crippen LogP contribution in [0.1, 0.15) is 51.7 Å². The summed E-state index contributed by atoms with van der Waals surface area (Å²) in [4.78, 5) is 0. The van der Waals surface area contributed by atoms with E-state index in [9.17, 15) is 20.4 Å². The fourth-order valence-electron chi connectivity index (χ4n) is 3.86.